The molecule has 7 heteroatoms. The number of halogens is 1. The number of hydrazine groups is 1. The number of hydrogen-bond acceptors (Lipinski definition) is 4. The van der Waals surface area contributed by atoms with E-state index in [1.165, 1.54) is 6.07 Å². The van der Waals surface area contributed by atoms with E-state index in [2.05, 4.69) is 47.9 Å². The summed E-state index contributed by atoms with van der Waals surface area (Å²) >= 11 is 0. The van der Waals surface area contributed by atoms with Gasteiger partial charge in [-0.25, -0.2) is 0 Å². The van der Waals surface area contributed by atoms with E-state index < -0.39 is 11.7 Å². The van der Waals surface area contributed by atoms with E-state index in [4.69, 9.17) is 0 Å². The molecule has 0 saturated heterocycles. The summed E-state index contributed by atoms with van der Waals surface area (Å²) in [5.74, 6) is -0.854. The Morgan fingerprint density at radius 1 is 1.25 bits per heavy atom. The monoisotopic (exact) mass is 406 g/mol. The van der Waals surface area contributed by atoms with Crippen molar-refractivity contribution in [2.75, 3.05) is 5.43 Å². The fourth-order valence-corrected chi connectivity index (χ4v) is 2.20. The molecule has 1 aromatic heterocycles. The molecule has 0 aliphatic rings. The summed E-state index contributed by atoms with van der Waals surface area (Å²) in [5, 5.41) is 8.06. The van der Waals surface area contributed by atoms with Crippen LogP contribution in [0, 0.1) is 25.7 Å². The molecule has 0 saturated carbocycles. The summed E-state index contributed by atoms with van der Waals surface area (Å²) in [6, 6.07) is 7.31. The van der Waals surface area contributed by atoms with Gasteiger partial charge in [0.25, 0.3) is 0 Å². The van der Waals surface area contributed by atoms with Crippen LogP contribution in [0.2, 0.25) is 0 Å². The van der Waals surface area contributed by atoms with E-state index in [9.17, 15) is 9.18 Å². The van der Waals surface area contributed by atoms with Crippen molar-refractivity contribution in [3.63, 3.8) is 0 Å². The third-order valence-electron chi connectivity index (χ3n) is 3.36. The summed E-state index contributed by atoms with van der Waals surface area (Å²) in [7, 11) is 0. The van der Waals surface area contributed by atoms with Crippen molar-refractivity contribution >= 4 is 11.7 Å². The third-order valence-corrected chi connectivity index (χ3v) is 3.36. The van der Waals surface area contributed by atoms with Gasteiger partial charge < -0.3 is 10.2 Å². The molecule has 2 aromatic rings. The zero-order chi connectivity index (χ0) is 17.2. The normalized spacial score (nSPS) is 10.8. The molecule has 1 amide bonds. The predicted octanol–water partition coefficient (Wildman–Crippen LogP) is 3.33. The van der Waals surface area contributed by atoms with Gasteiger partial charge in [-0.3, -0.25) is 9.82 Å². The molecule has 1 aromatic carbocycles. The maximum Gasteiger partial charge on any atom is 0.186 e. The first-order valence-electron chi connectivity index (χ1n) is 7.28. The fraction of sp³-hybridized carbons (Fsp3) is 0.353. The zero-order valence-corrected chi connectivity index (χ0v) is 17.3. The number of aryl methyl sites for hydroxylation is 2. The fourth-order valence-electron chi connectivity index (χ4n) is 2.20. The number of aromatic nitrogens is 2. The van der Waals surface area contributed by atoms with Crippen LogP contribution in [0.3, 0.4) is 0 Å². The molecule has 2 N–H and O–H groups in total. The van der Waals surface area contributed by atoms with E-state index in [-0.39, 0.29) is 45.1 Å². The Morgan fingerprint density at radius 3 is 2.54 bits per heavy atom. The maximum absolute atomic E-state index is 13.7. The third kappa shape index (κ3) is 5.05. The van der Waals surface area contributed by atoms with Crippen molar-refractivity contribution in [1.82, 2.24) is 15.6 Å². The van der Waals surface area contributed by atoms with E-state index >= 15 is 0 Å². The molecule has 127 valence electrons. The van der Waals surface area contributed by atoms with Crippen LogP contribution in [-0.4, -0.2) is 16.1 Å². The van der Waals surface area contributed by atoms with E-state index in [0.717, 1.165) is 11.3 Å². The second-order valence-electron chi connectivity index (χ2n) is 6.42. The molecule has 2 rings (SSSR count). The summed E-state index contributed by atoms with van der Waals surface area (Å²) < 4.78 is 13.7. The number of anilines is 1. The molecule has 0 fully saturated rings. The second kappa shape index (κ2) is 8.12. The first-order valence-corrected chi connectivity index (χ1v) is 7.28. The summed E-state index contributed by atoms with van der Waals surface area (Å²) in [6.07, 6.45) is 0. The minimum absolute atomic E-state index is 0. The Bertz CT molecular complexity index is 750. The molecule has 0 aliphatic heterocycles. The molecule has 5 nitrogen and oxygen atoms in total. The number of rotatable bonds is 3. The quantitative estimate of drug-likeness (QED) is 0.606. The van der Waals surface area contributed by atoms with Crippen LogP contribution in [0.25, 0.3) is 0 Å². The minimum Gasteiger partial charge on any atom is -0.326 e. The second-order valence-corrected chi connectivity index (χ2v) is 6.42. The molecule has 1 heterocycles. The maximum atomic E-state index is 13.7. The van der Waals surface area contributed by atoms with Gasteiger partial charge in [0.2, 0.25) is 0 Å². The van der Waals surface area contributed by atoms with Crippen LogP contribution >= 0.6 is 0 Å². The summed E-state index contributed by atoms with van der Waals surface area (Å²) in [4.78, 5) is 12.0. The van der Waals surface area contributed by atoms with Gasteiger partial charge >= 0.3 is 0 Å². The molecule has 0 spiro atoms. The number of carbonyl (C=O) groups is 1. The van der Waals surface area contributed by atoms with Crippen molar-refractivity contribution in [2.24, 2.45) is 0 Å². The van der Waals surface area contributed by atoms with Crippen LogP contribution in [0.5, 0.6) is 0 Å². The van der Waals surface area contributed by atoms with E-state index in [0.29, 0.717) is 11.4 Å². The van der Waals surface area contributed by atoms with Crippen LogP contribution in [0.4, 0.5) is 10.2 Å². The zero-order valence-electron chi connectivity index (χ0n) is 14.5. The molecule has 24 heavy (non-hydrogen) atoms. The number of hydrogen-bond donors (Lipinski definition) is 2. The van der Waals surface area contributed by atoms with Crippen molar-refractivity contribution in [3.8, 4) is 0 Å². The molecule has 0 aliphatic carbocycles. The van der Waals surface area contributed by atoms with Gasteiger partial charge in [0.15, 0.2) is 11.7 Å². The van der Waals surface area contributed by atoms with Crippen molar-refractivity contribution in [3.05, 3.63) is 52.5 Å². The Balaban J connectivity index is 0.00000288. The molecular weight excluding hydrogens is 384 g/mol. The Hall–Kier alpha value is -1.40. The standard InChI is InChI=1S/C17H20FN4O.Y.H2/c1-10-6-7-14(18)12(8-10)16(23)22-21-15-9-13(17(3,4)5)11(2)19-20-15;;/h6-7,9H,1-5H3,(H,20,21)(H,22,23);;1H/q-1;;. The number of carbonyl (C=O) groups excluding carboxylic acids is 1. The van der Waals surface area contributed by atoms with Gasteiger partial charge in [0.05, 0.1) is 5.69 Å². The van der Waals surface area contributed by atoms with Gasteiger partial charge in [-0.15, -0.1) is 28.9 Å². The van der Waals surface area contributed by atoms with Gasteiger partial charge in [-0.05, 0) is 29.5 Å². The van der Waals surface area contributed by atoms with Gasteiger partial charge in [-0.1, -0.05) is 27.7 Å². The number of nitrogens with zero attached hydrogens (tertiary/aromatic N) is 2. The number of amides is 1. The first-order chi connectivity index (χ1) is 10.7. The van der Waals surface area contributed by atoms with E-state index in [1.807, 2.05) is 13.0 Å². The molecule has 1 radical (unpaired) electrons. The average Bonchev–Trinajstić information content (AvgIpc) is 2.47. The van der Waals surface area contributed by atoms with Crippen LogP contribution in [0.1, 0.15) is 49.4 Å². The molecular formula is C17H22FN4OY-. The predicted molar refractivity (Wildman–Crippen MR) is 88.6 cm³/mol. The largest absolute Gasteiger partial charge is 0.326 e. The topological polar surface area (TPSA) is 66.9 Å². The van der Waals surface area contributed by atoms with Crippen LogP contribution in [0.15, 0.2) is 18.2 Å². The molecule has 0 atom stereocenters. The van der Waals surface area contributed by atoms with Gasteiger partial charge in [0.1, 0.15) is 0 Å². The van der Waals surface area contributed by atoms with Crippen LogP contribution < -0.4 is 10.9 Å². The van der Waals surface area contributed by atoms with Crippen molar-refractivity contribution < 1.29 is 43.3 Å². The average molecular weight is 406 g/mol. The molecule has 0 unspecified atom stereocenters. The van der Waals surface area contributed by atoms with Gasteiger partial charge in [-0.2, -0.15) is 5.10 Å². The van der Waals surface area contributed by atoms with E-state index in [1.54, 1.807) is 13.0 Å². The van der Waals surface area contributed by atoms with Gasteiger partial charge in [0, 0.05) is 40.0 Å². The number of benzene rings is 1. The first kappa shape index (κ1) is 20.6. The smallest absolute Gasteiger partial charge is 0.186 e. The Labute approximate surface area is 168 Å². The Kier molecular flexibility index (Phi) is 6.99. The summed E-state index contributed by atoms with van der Waals surface area (Å²) in [6.45, 7) is 9.82. The summed E-state index contributed by atoms with van der Waals surface area (Å²) in [5.41, 5.74) is 7.36. The minimum atomic E-state index is -0.625. The van der Waals surface area contributed by atoms with Crippen molar-refractivity contribution in [1.29, 1.82) is 0 Å². The SMILES string of the molecule is Cc1[c-]c(C(=O)NNc2cc(C(C)(C)C)c(C)nn2)c(F)cc1.[HH].[Y]. The van der Waals surface area contributed by atoms with Crippen LogP contribution in [-0.2, 0) is 38.1 Å². The Morgan fingerprint density at radius 2 is 1.92 bits per heavy atom. The molecule has 0 bridgehead atoms. The van der Waals surface area contributed by atoms with Crippen molar-refractivity contribution in [2.45, 2.75) is 40.0 Å². The number of nitrogens with one attached hydrogen (secondary N) is 2.